The van der Waals surface area contributed by atoms with E-state index in [1.54, 1.807) is 12.4 Å². The molecule has 4 saturated carbocycles. The van der Waals surface area contributed by atoms with E-state index in [9.17, 15) is 9.90 Å². The molecule has 4 fully saturated rings. The normalized spacial score (nSPS) is 32.7. The molecule has 0 radical (unpaired) electrons. The van der Waals surface area contributed by atoms with Gasteiger partial charge in [-0.05, 0) is 79.9 Å². The number of benzene rings is 1. The van der Waals surface area contributed by atoms with Crippen LogP contribution in [0.3, 0.4) is 0 Å². The summed E-state index contributed by atoms with van der Waals surface area (Å²) in [7, 11) is 0. The number of fused-ring (bicyclic) bond motifs is 3. The quantitative estimate of drug-likeness (QED) is 0.509. The third-order valence-corrected chi connectivity index (χ3v) is 9.15. The zero-order valence-corrected chi connectivity index (χ0v) is 19.7. The molecule has 4 bridgehead atoms. The standard InChI is InChI=1S/C28H31N5O2/c34-25(10-23-21-5-1-2-6-22(21)24-15-30-16-33(23)24)26-18-8-17-9-19(26)13-28(11-17,12-18)32-27(35)31-20-4-3-7-29-14-20/h1-7,14-19,23,25-26,34H,8-13H2,(H2,31,32,35). The highest BCUT2D eigenvalue weighted by Crippen LogP contribution is 2.60. The van der Waals surface area contributed by atoms with Crippen molar-refractivity contribution in [2.45, 2.75) is 56.2 Å². The number of hydrogen-bond acceptors (Lipinski definition) is 4. The summed E-state index contributed by atoms with van der Waals surface area (Å²) >= 11 is 0. The number of nitrogens with one attached hydrogen (secondary N) is 2. The van der Waals surface area contributed by atoms with Gasteiger partial charge in [-0.25, -0.2) is 9.78 Å². The Balaban J connectivity index is 1.08. The van der Waals surface area contributed by atoms with Crippen LogP contribution >= 0.6 is 0 Å². The molecule has 35 heavy (non-hydrogen) atoms. The first-order chi connectivity index (χ1) is 17.1. The predicted molar refractivity (Wildman–Crippen MR) is 133 cm³/mol. The first-order valence-electron chi connectivity index (χ1n) is 12.9. The number of nitrogens with zero attached hydrogens (tertiary/aromatic N) is 3. The van der Waals surface area contributed by atoms with Gasteiger partial charge in [-0.15, -0.1) is 0 Å². The average Bonchev–Trinajstić information content (AvgIpc) is 3.41. The second-order valence-corrected chi connectivity index (χ2v) is 11.2. The largest absolute Gasteiger partial charge is 0.393 e. The van der Waals surface area contributed by atoms with E-state index in [0.29, 0.717) is 35.8 Å². The van der Waals surface area contributed by atoms with Gasteiger partial charge in [-0.3, -0.25) is 4.98 Å². The van der Waals surface area contributed by atoms with Crippen LogP contribution in [-0.4, -0.2) is 37.3 Å². The number of aliphatic hydroxyl groups excluding tert-OH is 1. The second kappa shape index (κ2) is 7.92. The molecular formula is C28H31N5O2. The lowest BCUT2D eigenvalue weighted by molar-refractivity contribution is -0.108. The van der Waals surface area contributed by atoms with Crippen LogP contribution in [0.25, 0.3) is 11.3 Å². The lowest BCUT2D eigenvalue weighted by Crippen LogP contribution is -2.64. The van der Waals surface area contributed by atoms with E-state index in [0.717, 1.165) is 25.0 Å². The summed E-state index contributed by atoms with van der Waals surface area (Å²) in [5.41, 5.74) is 4.22. The van der Waals surface area contributed by atoms with Crippen molar-refractivity contribution < 1.29 is 9.90 Å². The Kier molecular flexibility index (Phi) is 4.78. The van der Waals surface area contributed by atoms with E-state index < -0.39 is 0 Å². The van der Waals surface area contributed by atoms with E-state index >= 15 is 0 Å². The minimum Gasteiger partial charge on any atom is -0.393 e. The number of pyridine rings is 1. The lowest BCUT2D eigenvalue weighted by atomic mass is 9.48. The molecule has 1 aromatic carbocycles. The molecule has 4 atom stereocenters. The number of amides is 2. The van der Waals surface area contributed by atoms with Gasteiger partial charge in [0.2, 0.25) is 0 Å². The molecule has 3 N–H and O–H groups in total. The van der Waals surface area contributed by atoms with Crippen LogP contribution < -0.4 is 10.6 Å². The van der Waals surface area contributed by atoms with Crippen molar-refractivity contribution in [1.82, 2.24) is 19.9 Å². The van der Waals surface area contributed by atoms with Crippen molar-refractivity contribution in [2.75, 3.05) is 5.32 Å². The fourth-order valence-electron chi connectivity index (χ4n) is 8.24. The van der Waals surface area contributed by atoms with Crippen LogP contribution in [0.4, 0.5) is 10.5 Å². The third kappa shape index (κ3) is 3.47. The van der Waals surface area contributed by atoms with Gasteiger partial charge in [0, 0.05) is 17.3 Å². The SMILES string of the molecule is O=C(Nc1cccnc1)NC12CC3CC(C1)C(C(O)CC1c4ccccc4-c4cncn41)C(C3)C2. The molecule has 7 nitrogen and oxygen atoms in total. The Bertz CT molecular complexity index is 1240. The van der Waals surface area contributed by atoms with Crippen molar-refractivity contribution in [3.8, 4) is 11.3 Å². The zero-order chi connectivity index (χ0) is 23.6. The van der Waals surface area contributed by atoms with Crippen molar-refractivity contribution in [1.29, 1.82) is 0 Å². The van der Waals surface area contributed by atoms with Crippen LogP contribution in [0, 0.1) is 23.7 Å². The predicted octanol–water partition coefficient (Wildman–Crippen LogP) is 4.62. The maximum atomic E-state index is 12.8. The first kappa shape index (κ1) is 21.1. The molecule has 5 aliphatic rings. The van der Waals surface area contributed by atoms with Crippen LogP contribution in [0.15, 0.2) is 61.3 Å². The molecule has 0 spiro atoms. The molecule has 4 aliphatic carbocycles. The molecule has 2 aromatic heterocycles. The maximum absolute atomic E-state index is 12.8. The number of aromatic nitrogens is 3. The molecule has 8 rings (SSSR count). The minimum atomic E-state index is -0.363. The highest BCUT2D eigenvalue weighted by molar-refractivity contribution is 5.89. The fraction of sp³-hybridized carbons (Fsp3) is 0.464. The zero-order valence-electron chi connectivity index (χ0n) is 19.7. The summed E-state index contributed by atoms with van der Waals surface area (Å²) < 4.78 is 2.23. The van der Waals surface area contributed by atoms with E-state index in [4.69, 9.17) is 0 Å². The van der Waals surface area contributed by atoms with Crippen LogP contribution in [0.2, 0.25) is 0 Å². The summed E-state index contributed by atoms with van der Waals surface area (Å²) in [4.78, 5) is 21.3. The van der Waals surface area contributed by atoms with Crippen molar-refractivity contribution in [2.24, 2.45) is 23.7 Å². The van der Waals surface area contributed by atoms with Crippen LogP contribution in [-0.2, 0) is 0 Å². The van der Waals surface area contributed by atoms with E-state index in [1.165, 1.54) is 24.0 Å². The van der Waals surface area contributed by atoms with E-state index in [2.05, 4.69) is 49.4 Å². The van der Waals surface area contributed by atoms with Crippen molar-refractivity contribution in [3.63, 3.8) is 0 Å². The molecule has 4 unspecified atom stereocenters. The summed E-state index contributed by atoms with van der Waals surface area (Å²) in [5, 5.41) is 18.0. The Morgan fingerprint density at radius 1 is 1.09 bits per heavy atom. The molecule has 7 heteroatoms. The highest BCUT2D eigenvalue weighted by atomic mass is 16.3. The summed E-state index contributed by atoms with van der Waals surface area (Å²) in [6.45, 7) is 0. The second-order valence-electron chi connectivity index (χ2n) is 11.2. The Hall–Kier alpha value is -3.19. The smallest absolute Gasteiger partial charge is 0.319 e. The van der Waals surface area contributed by atoms with Gasteiger partial charge in [0.25, 0.3) is 0 Å². The van der Waals surface area contributed by atoms with Gasteiger partial charge in [0.1, 0.15) is 0 Å². The molecule has 3 aromatic rings. The molecule has 180 valence electrons. The van der Waals surface area contributed by atoms with Crippen molar-refractivity contribution in [3.05, 3.63) is 66.9 Å². The third-order valence-electron chi connectivity index (χ3n) is 9.15. The first-order valence-corrected chi connectivity index (χ1v) is 12.9. The summed E-state index contributed by atoms with van der Waals surface area (Å²) in [5.74, 6) is 1.84. The van der Waals surface area contributed by atoms with Gasteiger partial charge < -0.3 is 20.3 Å². The number of imidazole rings is 1. The Labute approximate surface area is 205 Å². The molecule has 2 amide bonds. The number of rotatable bonds is 5. The molecular weight excluding hydrogens is 438 g/mol. The van der Waals surface area contributed by atoms with Gasteiger partial charge in [-0.1, -0.05) is 24.3 Å². The topological polar surface area (TPSA) is 92.1 Å². The molecule has 3 heterocycles. The van der Waals surface area contributed by atoms with Gasteiger partial charge >= 0.3 is 6.03 Å². The number of hydrogen-bond donors (Lipinski definition) is 3. The van der Waals surface area contributed by atoms with Gasteiger partial charge in [0.15, 0.2) is 0 Å². The monoisotopic (exact) mass is 469 g/mol. The van der Waals surface area contributed by atoms with E-state index in [1.807, 2.05) is 24.7 Å². The average molecular weight is 470 g/mol. The Morgan fingerprint density at radius 2 is 1.91 bits per heavy atom. The minimum absolute atomic E-state index is 0.133. The van der Waals surface area contributed by atoms with Gasteiger partial charge in [-0.2, -0.15) is 0 Å². The highest BCUT2D eigenvalue weighted by Gasteiger charge is 2.57. The molecule has 1 aliphatic heterocycles. The maximum Gasteiger partial charge on any atom is 0.319 e. The van der Waals surface area contributed by atoms with Crippen LogP contribution in [0.1, 0.15) is 50.1 Å². The number of carbonyl (C=O) groups is 1. The summed E-state index contributed by atoms with van der Waals surface area (Å²) in [6.07, 6.45) is 12.9. The number of carbonyl (C=O) groups excluding carboxylic acids is 1. The van der Waals surface area contributed by atoms with Crippen molar-refractivity contribution >= 4 is 11.7 Å². The van der Waals surface area contributed by atoms with Gasteiger partial charge in [0.05, 0.1) is 42.2 Å². The number of urea groups is 1. The Morgan fingerprint density at radius 3 is 2.71 bits per heavy atom. The number of aliphatic hydroxyl groups is 1. The van der Waals surface area contributed by atoms with Crippen LogP contribution in [0.5, 0.6) is 0 Å². The lowest BCUT2D eigenvalue weighted by Gasteiger charge is -2.61. The number of anilines is 1. The fourth-order valence-corrected chi connectivity index (χ4v) is 8.24. The van der Waals surface area contributed by atoms with E-state index in [-0.39, 0.29) is 23.7 Å². The molecule has 0 saturated heterocycles. The summed E-state index contributed by atoms with van der Waals surface area (Å²) in [6, 6.07) is 12.2.